The molecule has 2 heterocycles. The first kappa shape index (κ1) is 19.6. The van der Waals surface area contributed by atoms with Crippen molar-refractivity contribution >= 4 is 21.8 Å². The van der Waals surface area contributed by atoms with Crippen molar-refractivity contribution in [3.63, 3.8) is 0 Å². The molecule has 7 nitrogen and oxygen atoms in total. The molecule has 0 radical (unpaired) electrons. The first-order valence-corrected chi connectivity index (χ1v) is 11.2. The quantitative estimate of drug-likeness (QED) is 0.806. The van der Waals surface area contributed by atoms with E-state index in [9.17, 15) is 13.2 Å². The summed E-state index contributed by atoms with van der Waals surface area (Å²) in [5.74, 6) is 0.379. The zero-order chi connectivity index (χ0) is 20.3. The Balaban J connectivity index is 1.28. The first-order valence-electron chi connectivity index (χ1n) is 9.74. The van der Waals surface area contributed by atoms with Crippen LogP contribution in [0.15, 0.2) is 64.5 Å². The summed E-state index contributed by atoms with van der Waals surface area (Å²) in [7, 11) is -3.54. The lowest BCUT2D eigenvalue weighted by Crippen LogP contribution is -2.48. The van der Waals surface area contributed by atoms with E-state index in [2.05, 4.69) is 26.7 Å². The molecule has 1 amide bonds. The van der Waals surface area contributed by atoms with E-state index in [4.69, 9.17) is 0 Å². The molecule has 152 valence electrons. The van der Waals surface area contributed by atoms with Gasteiger partial charge in [-0.2, -0.15) is 0 Å². The maximum Gasteiger partial charge on any atom is 0.263 e. The number of rotatable bonds is 5. The minimum Gasteiger partial charge on any atom is -0.340 e. The minimum atomic E-state index is -3.54. The molecule has 8 heteroatoms. The number of carbonyl (C=O) groups is 1. The number of nitrogens with one attached hydrogen (secondary N) is 1. The fourth-order valence-corrected chi connectivity index (χ4v) is 4.92. The zero-order valence-corrected chi connectivity index (χ0v) is 16.9. The highest BCUT2D eigenvalue weighted by Gasteiger charge is 2.30. The summed E-state index contributed by atoms with van der Waals surface area (Å²) in [6.07, 6.45) is 0.270. The van der Waals surface area contributed by atoms with E-state index in [0.717, 1.165) is 19.6 Å². The van der Waals surface area contributed by atoms with Crippen molar-refractivity contribution in [2.24, 2.45) is 4.99 Å². The molecule has 0 aliphatic carbocycles. The highest BCUT2D eigenvalue weighted by atomic mass is 32.2. The lowest BCUT2D eigenvalue weighted by molar-refractivity contribution is -0.132. The molecule has 2 aromatic carbocycles. The Morgan fingerprint density at radius 3 is 2.41 bits per heavy atom. The van der Waals surface area contributed by atoms with E-state index in [-0.39, 0.29) is 23.8 Å². The molecule has 2 aromatic rings. The number of hydrogen-bond donors (Lipinski definition) is 1. The number of aliphatic imine (C=N–C) groups is 1. The van der Waals surface area contributed by atoms with Crippen LogP contribution in [0.2, 0.25) is 0 Å². The highest BCUT2D eigenvalue weighted by Crippen LogP contribution is 2.22. The Morgan fingerprint density at radius 2 is 1.66 bits per heavy atom. The molecule has 0 aromatic heterocycles. The van der Waals surface area contributed by atoms with Crippen LogP contribution >= 0.6 is 0 Å². The Kier molecular flexibility index (Phi) is 5.64. The van der Waals surface area contributed by atoms with Gasteiger partial charge in [0.1, 0.15) is 5.84 Å². The summed E-state index contributed by atoms with van der Waals surface area (Å²) in [5, 5.41) is 0. The van der Waals surface area contributed by atoms with E-state index in [1.54, 1.807) is 24.3 Å². The molecule has 1 fully saturated rings. The van der Waals surface area contributed by atoms with Gasteiger partial charge in [-0.15, -0.1) is 0 Å². The van der Waals surface area contributed by atoms with Gasteiger partial charge in [-0.3, -0.25) is 19.4 Å². The number of nitrogens with zero attached hydrogens (tertiary/aromatic N) is 3. The Morgan fingerprint density at radius 1 is 0.966 bits per heavy atom. The fraction of sp³-hybridized carbons (Fsp3) is 0.333. The van der Waals surface area contributed by atoms with Crippen molar-refractivity contribution in [2.75, 3.05) is 32.7 Å². The number of carbonyl (C=O) groups excluding carboxylic acids is 1. The van der Waals surface area contributed by atoms with E-state index >= 15 is 0 Å². The Labute approximate surface area is 171 Å². The second-order valence-electron chi connectivity index (χ2n) is 7.22. The molecule has 4 rings (SSSR count). The number of amidine groups is 1. The molecule has 1 saturated heterocycles. The van der Waals surface area contributed by atoms with Crippen molar-refractivity contribution in [3.05, 3.63) is 65.7 Å². The van der Waals surface area contributed by atoms with Crippen molar-refractivity contribution in [2.45, 2.75) is 17.9 Å². The second-order valence-corrected chi connectivity index (χ2v) is 8.88. The summed E-state index contributed by atoms with van der Waals surface area (Å²) < 4.78 is 26.7. The number of fused-ring (bicyclic) bond motifs is 1. The molecule has 0 spiro atoms. The van der Waals surface area contributed by atoms with Crippen molar-refractivity contribution < 1.29 is 13.2 Å². The molecule has 29 heavy (non-hydrogen) atoms. The SMILES string of the molecule is O=C(CCN=C1NS(=O)(=O)c2ccccc21)N1CCN(Cc2ccccc2)CC1. The number of amides is 1. The molecule has 2 aliphatic heterocycles. The van der Waals surface area contributed by atoms with Gasteiger partial charge in [-0.1, -0.05) is 42.5 Å². The van der Waals surface area contributed by atoms with E-state index in [1.165, 1.54) is 5.56 Å². The van der Waals surface area contributed by atoms with E-state index in [0.29, 0.717) is 24.5 Å². The average molecular weight is 413 g/mol. The van der Waals surface area contributed by atoms with Crippen LogP contribution in [-0.2, 0) is 21.4 Å². The van der Waals surface area contributed by atoms with E-state index in [1.807, 2.05) is 23.1 Å². The number of benzene rings is 2. The van der Waals surface area contributed by atoms with Crippen LogP contribution in [0.4, 0.5) is 0 Å². The van der Waals surface area contributed by atoms with Gasteiger partial charge in [0.2, 0.25) is 5.91 Å². The second kappa shape index (κ2) is 8.34. The van der Waals surface area contributed by atoms with Gasteiger partial charge < -0.3 is 4.90 Å². The lowest BCUT2D eigenvalue weighted by atomic mass is 10.2. The fourth-order valence-electron chi connectivity index (χ4n) is 3.67. The van der Waals surface area contributed by atoms with Gasteiger partial charge in [-0.05, 0) is 17.7 Å². The molecular formula is C21H24N4O3S. The van der Waals surface area contributed by atoms with Gasteiger partial charge in [0, 0.05) is 44.7 Å². The van der Waals surface area contributed by atoms with Crippen LogP contribution in [0.5, 0.6) is 0 Å². The maximum absolute atomic E-state index is 12.5. The van der Waals surface area contributed by atoms with Gasteiger partial charge in [0.25, 0.3) is 10.0 Å². The van der Waals surface area contributed by atoms with E-state index < -0.39 is 10.0 Å². The van der Waals surface area contributed by atoms with Crippen molar-refractivity contribution in [1.82, 2.24) is 14.5 Å². The van der Waals surface area contributed by atoms with Crippen LogP contribution in [0, 0.1) is 0 Å². The minimum absolute atomic E-state index is 0.0582. The van der Waals surface area contributed by atoms with Crippen LogP contribution < -0.4 is 4.72 Å². The third kappa shape index (κ3) is 4.49. The standard InChI is InChI=1S/C21H24N4O3S/c26-20(25-14-12-24(13-15-25)16-17-6-2-1-3-7-17)10-11-22-21-18-8-4-5-9-19(18)29(27,28)23-21/h1-9H,10-16H2,(H,22,23). The topological polar surface area (TPSA) is 82.1 Å². The highest BCUT2D eigenvalue weighted by molar-refractivity contribution is 7.90. The van der Waals surface area contributed by atoms with Crippen LogP contribution in [0.25, 0.3) is 0 Å². The Bertz CT molecular complexity index is 1010. The molecule has 0 bridgehead atoms. The number of sulfonamides is 1. The van der Waals surface area contributed by atoms with Crippen LogP contribution in [0.1, 0.15) is 17.5 Å². The summed E-state index contributed by atoms with van der Waals surface area (Å²) in [5.41, 5.74) is 1.84. The summed E-state index contributed by atoms with van der Waals surface area (Å²) in [4.78, 5) is 21.3. The maximum atomic E-state index is 12.5. The monoisotopic (exact) mass is 412 g/mol. The van der Waals surface area contributed by atoms with Crippen molar-refractivity contribution in [1.29, 1.82) is 0 Å². The molecular weight excluding hydrogens is 388 g/mol. The molecule has 0 atom stereocenters. The summed E-state index contributed by atoms with van der Waals surface area (Å²) >= 11 is 0. The lowest BCUT2D eigenvalue weighted by Gasteiger charge is -2.34. The van der Waals surface area contributed by atoms with Gasteiger partial charge in [0.15, 0.2) is 0 Å². The van der Waals surface area contributed by atoms with Gasteiger partial charge in [0.05, 0.1) is 11.4 Å². The molecule has 0 saturated carbocycles. The largest absolute Gasteiger partial charge is 0.340 e. The number of piperazine rings is 1. The number of hydrogen-bond acceptors (Lipinski definition) is 5. The predicted octanol–water partition coefficient (Wildman–Crippen LogP) is 1.46. The Hall–Kier alpha value is -2.71. The predicted molar refractivity (Wildman–Crippen MR) is 111 cm³/mol. The third-order valence-corrected chi connectivity index (χ3v) is 6.63. The summed E-state index contributed by atoms with van der Waals surface area (Å²) in [6.45, 7) is 4.27. The normalized spacial score (nSPS) is 19.7. The molecule has 0 unspecified atom stereocenters. The molecule has 2 aliphatic rings. The third-order valence-electron chi connectivity index (χ3n) is 5.23. The zero-order valence-electron chi connectivity index (χ0n) is 16.1. The smallest absolute Gasteiger partial charge is 0.263 e. The van der Waals surface area contributed by atoms with Gasteiger partial charge in [-0.25, -0.2) is 8.42 Å². The van der Waals surface area contributed by atoms with Crippen LogP contribution in [0.3, 0.4) is 0 Å². The van der Waals surface area contributed by atoms with Crippen LogP contribution in [-0.4, -0.2) is 62.7 Å². The van der Waals surface area contributed by atoms with Crippen molar-refractivity contribution in [3.8, 4) is 0 Å². The summed E-state index contributed by atoms with van der Waals surface area (Å²) in [6, 6.07) is 17.1. The molecule has 1 N–H and O–H groups in total. The van der Waals surface area contributed by atoms with Gasteiger partial charge >= 0.3 is 0 Å². The average Bonchev–Trinajstić information content (AvgIpc) is 3.00. The first-order chi connectivity index (χ1) is 14.0.